The summed E-state index contributed by atoms with van der Waals surface area (Å²) in [4.78, 5) is 0.178. The van der Waals surface area contributed by atoms with Gasteiger partial charge in [-0.3, -0.25) is 0 Å². The van der Waals surface area contributed by atoms with Crippen LogP contribution in [0.1, 0.15) is 6.92 Å². The first-order valence-electron chi connectivity index (χ1n) is 3.48. The van der Waals surface area contributed by atoms with Crippen LogP contribution in [0.3, 0.4) is 0 Å². The molecule has 0 aromatic heterocycles. The molecule has 0 unspecified atom stereocenters. The highest BCUT2D eigenvalue weighted by Crippen LogP contribution is 1.87. The van der Waals surface area contributed by atoms with E-state index in [1.54, 1.807) is 7.05 Å². The highest BCUT2D eigenvalue weighted by atomic mass is 16.6. The molecule has 0 bridgehead atoms. The third kappa shape index (κ3) is 3.61. The summed E-state index contributed by atoms with van der Waals surface area (Å²) in [6.07, 6.45) is 0. The maximum absolute atomic E-state index is 10.6. The average molecular weight is 162 g/mol. The largest absolute Gasteiger partial charge is 0.569 e. The maximum atomic E-state index is 10.6. The third-order valence-electron chi connectivity index (χ3n) is 1.30. The van der Waals surface area contributed by atoms with E-state index in [2.05, 4.69) is 10.6 Å². The minimum atomic E-state index is 0.178. The van der Waals surface area contributed by atoms with Crippen molar-refractivity contribution in [3.63, 3.8) is 0 Å². The van der Waals surface area contributed by atoms with Gasteiger partial charge in [0.2, 0.25) is 5.28 Å². The van der Waals surface area contributed by atoms with E-state index in [1.807, 2.05) is 6.92 Å². The Labute approximate surface area is 65.6 Å². The van der Waals surface area contributed by atoms with Gasteiger partial charge < -0.3 is 15.7 Å². The fourth-order valence-electron chi connectivity index (χ4n) is 0.662. The Kier molecular flexibility index (Phi) is 5.18. The van der Waals surface area contributed by atoms with Crippen molar-refractivity contribution in [1.29, 1.82) is 0 Å². The average Bonchev–Trinajstić information content (AvgIpc) is 2.05. The van der Waals surface area contributed by atoms with Crippen molar-refractivity contribution in [1.82, 2.24) is 10.3 Å². The Bertz CT molecular complexity index is 128. The van der Waals surface area contributed by atoms with Gasteiger partial charge in [-0.25, -0.2) is 0 Å². The van der Waals surface area contributed by atoms with Gasteiger partial charge in [0.05, 0.1) is 18.1 Å². The first-order chi connectivity index (χ1) is 5.26. The van der Waals surface area contributed by atoms with Gasteiger partial charge in [0.25, 0.3) is 0 Å². The van der Waals surface area contributed by atoms with E-state index >= 15 is 0 Å². The zero-order valence-electron chi connectivity index (χ0n) is 6.82. The molecule has 0 atom stereocenters. The summed E-state index contributed by atoms with van der Waals surface area (Å²) >= 11 is 0. The predicted octanol–water partition coefficient (Wildman–Crippen LogP) is -0.206. The topological polar surface area (TPSA) is 73.9 Å². The lowest BCUT2D eigenvalue weighted by Gasteiger charge is -2.14. The summed E-state index contributed by atoms with van der Waals surface area (Å²) in [7, 11) is 1.79. The van der Waals surface area contributed by atoms with Gasteiger partial charge in [-0.15, -0.1) is 5.01 Å². The van der Waals surface area contributed by atoms with E-state index in [-0.39, 0.29) is 4.97 Å². The van der Waals surface area contributed by atoms with Gasteiger partial charge >= 0.3 is 0 Å². The fourth-order valence-corrected chi connectivity index (χ4v) is 0.662. The van der Waals surface area contributed by atoms with E-state index < -0.39 is 0 Å². The highest BCUT2D eigenvalue weighted by Gasteiger charge is 2.07. The van der Waals surface area contributed by atoms with E-state index in [1.165, 1.54) is 5.01 Å². The van der Waals surface area contributed by atoms with Gasteiger partial charge in [-0.1, -0.05) is 0 Å². The molecule has 6 nitrogen and oxygen atoms in total. The summed E-state index contributed by atoms with van der Waals surface area (Å²) in [5.74, 6) is 0. The van der Waals surface area contributed by atoms with Crippen LogP contribution < -0.4 is 5.32 Å². The zero-order chi connectivity index (χ0) is 8.69. The Hall–Kier alpha value is -1.04. The second-order valence-electron chi connectivity index (χ2n) is 1.99. The molecular weight excluding hydrogens is 148 g/mol. The van der Waals surface area contributed by atoms with Crippen LogP contribution in [0, 0.1) is 5.21 Å². The van der Waals surface area contributed by atoms with Crippen LogP contribution in [0.15, 0.2) is 5.28 Å². The maximum Gasteiger partial charge on any atom is 0.230 e. The minimum Gasteiger partial charge on any atom is -0.569 e. The molecule has 0 amide bonds. The molecule has 0 radical (unpaired) electrons. The van der Waals surface area contributed by atoms with E-state index in [0.29, 0.717) is 19.6 Å². The van der Waals surface area contributed by atoms with E-state index in [0.717, 1.165) is 0 Å². The van der Waals surface area contributed by atoms with Crippen molar-refractivity contribution in [2.45, 2.75) is 6.92 Å². The predicted molar refractivity (Wildman–Crippen MR) is 39.0 cm³/mol. The molecule has 11 heavy (non-hydrogen) atoms. The van der Waals surface area contributed by atoms with Crippen LogP contribution in [-0.4, -0.2) is 41.9 Å². The number of nitrogens with one attached hydrogen (secondary N) is 1. The molecule has 0 aromatic carbocycles. The van der Waals surface area contributed by atoms with Crippen LogP contribution in [0.4, 0.5) is 0 Å². The van der Waals surface area contributed by atoms with E-state index in [4.69, 9.17) is 5.21 Å². The first-order valence-corrected chi connectivity index (χ1v) is 3.48. The summed E-state index contributed by atoms with van der Waals surface area (Å²) in [6.45, 7) is 3.55. The number of rotatable bonds is 5. The SMILES string of the molecule is CCN(CCNC)/[N+]([O-])=N/O. The number of hydrazine groups is 1. The molecule has 0 rings (SSSR count). The monoisotopic (exact) mass is 162 g/mol. The van der Waals surface area contributed by atoms with Gasteiger partial charge in [0.15, 0.2) is 0 Å². The standard InChI is InChI=1S/C5H14N4O2/c1-3-8(5-4-6-2)9(11)7-10/h6,10H,3-5H2,1-2H3/b9-7-. The Morgan fingerprint density at radius 3 is 2.73 bits per heavy atom. The van der Waals surface area contributed by atoms with Crippen LogP contribution in [0.2, 0.25) is 0 Å². The quantitative estimate of drug-likeness (QED) is 0.333. The van der Waals surface area contributed by atoms with Gasteiger partial charge in [0.1, 0.15) is 0 Å². The van der Waals surface area contributed by atoms with Crippen LogP contribution >= 0.6 is 0 Å². The number of hydrogen-bond acceptors (Lipinski definition) is 3. The molecule has 0 aliphatic carbocycles. The van der Waals surface area contributed by atoms with Crippen molar-refractivity contribution < 1.29 is 10.2 Å². The molecule has 6 heteroatoms. The smallest absolute Gasteiger partial charge is 0.230 e. The first kappa shape index (κ1) is 9.96. The summed E-state index contributed by atoms with van der Waals surface area (Å²) in [5, 5.41) is 25.5. The third-order valence-corrected chi connectivity index (χ3v) is 1.30. The number of hydrogen-bond donors (Lipinski definition) is 2. The molecule has 0 aromatic rings. The van der Waals surface area contributed by atoms with Gasteiger partial charge in [-0.05, 0) is 14.0 Å². The van der Waals surface area contributed by atoms with Crippen LogP contribution in [0.5, 0.6) is 0 Å². The number of likely N-dealkylation sites (N-methyl/N-ethyl adjacent to an activating group) is 2. The lowest BCUT2D eigenvalue weighted by Crippen LogP contribution is -2.35. The summed E-state index contributed by atoms with van der Waals surface area (Å²) < 4.78 is 0. The Morgan fingerprint density at radius 1 is 1.73 bits per heavy atom. The molecule has 0 saturated heterocycles. The lowest BCUT2D eigenvalue weighted by atomic mass is 10.6. The van der Waals surface area contributed by atoms with Crippen LogP contribution in [0.25, 0.3) is 0 Å². The highest BCUT2D eigenvalue weighted by molar-refractivity contribution is 4.43. The van der Waals surface area contributed by atoms with Crippen LogP contribution in [-0.2, 0) is 0 Å². The summed E-state index contributed by atoms with van der Waals surface area (Å²) in [5.41, 5.74) is 0. The molecule has 0 fully saturated rings. The second kappa shape index (κ2) is 5.72. The van der Waals surface area contributed by atoms with Crippen molar-refractivity contribution in [2.75, 3.05) is 26.7 Å². The minimum absolute atomic E-state index is 0.178. The number of nitrogens with zero attached hydrogens (tertiary/aromatic N) is 3. The zero-order valence-corrected chi connectivity index (χ0v) is 6.82. The molecule has 66 valence electrons. The molecule has 0 saturated carbocycles. The molecular formula is C5H14N4O2. The molecule has 0 heterocycles. The summed E-state index contributed by atoms with van der Waals surface area (Å²) in [6, 6.07) is 0. The Balaban J connectivity index is 3.75. The fraction of sp³-hybridized carbons (Fsp3) is 1.00. The Morgan fingerprint density at radius 2 is 2.36 bits per heavy atom. The van der Waals surface area contributed by atoms with Crippen molar-refractivity contribution in [2.24, 2.45) is 5.28 Å². The molecule has 0 aliphatic heterocycles. The van der Waals surface area contributed by atoms with Crippen molar-refractivity contribution >= 4 is 0 Å². The van der Waals surface area contributed by atoms with Gasteiger partial charge in [0, 0.05) is 6.54 Å². The lowest BCUT2D eigenvalue weighted by molar-refractivity contribution is -0.708. The normalized spacial score (nSPS) is 11.6. The second-order valence-corrected chi connectivity index (χ2v) is 1.99. The van der Waals surface area contributed by atoms with E-state index in [9.17, 15) is 5.21 Å². The molecule has 2 N–H and O–H groups in total. The van der Waals surface area contributed by atoms with Crippen molar-refractivity contribution in [3.8, 4) is 0 Å². The van der Waals surface area contributed by atoms with Crippen molar-refractivity contribution in [3.05, 3.63) is 5.21 Å². The molecule has 0 spiro atoms. The molecule has 0 aliphatic rings. The van der Waals surface area contributed by atoms with Gasteiger partial charge in [-0.2, -0.15) is 0 Å².